The van der Waals surface area contributed by atoms with Gasteiger partial charge in [0.1, 0.15) is 17.4 Å². The van der Waals surface area contributed by atoms with Crippen molar-refractivity contribution in [1.29, 1.82) is 0 Å². The number of aromatic nitrogens is 3. The van der Waals surface area contributed by atoms with Crippen LogP contribution in [-0.2, 0) is 17.7 Å². The molecule has 0 radical (unpaired) electrons. The molecule has 1 saturated heterocycles. The van der Waals surface area contributed by atoms with Gasteiger partial charge in [0.2, 0.25) is 0 Å². The van der Waals surface area contributed by atoms with Crippen LogP contribution in [0.3, 0.4) is 0 Å². The molecule has 1 aromatic carbocycles. The topological polar surface area (TPSA) is 60.2 Å². The van der Waals surface area contributed by atoms with E-state index >= 15 is 0 Å². The molecule has 5 nitrogen and oxygen atoms in total. The average Bonchev–Trinajstić information content (AvgIpc) is 3.18. The van der Waals surface area contributed by atoms with Crippen LogP contribution in [0.2, 0.25) is 5.02 Å². The molecule has 7 heteroatoms. The number of hydrogen-bond acceptors (Lipinski definition) is 4. The van der Waals surface area contributed by atoms with Gasteiger partial charge in [0.05, 0.1) is 11.6 Å². The monoisotopic (exact) mass is 383 g/mol. The number of benzene rings is 1. The van der Waals surface area contributed by atoms with Crippen molar-refractivity contribution in [3.05, 3.63) is 38.8 Å². The number of ether oxygens (including phenoxy) is 1. The molecule has 3 heterocycles. The molecule has 0 saturated carbocycles. The molecule has 2 aliphatic rings. The summed E-state index contributed by atoms with van der Waals surface area (Å²) in [6, 6.07) is 3.44. The molecule has 2 atom stereocenters. The van der Waals surface area contributed by atoms with Gasteiger partial charge in [0.15, 0.2) is 0 Å². The van der Waals surface area contributed by atoms with E-state index in [1.54, 1.807) is 12.1 Å². The standard InChI is InChI=1S/C15H15BrClN3O2/c16-10-1-2-11(21)13(14(10)17)9-5-12-18-19-15(20(12)6-9)8-3-4-22-7-8/h1-2,8-9,21H,3-7H2/t8-,9-/m1/s1. The summed E-state index contributed by atoms with van der Waals surface area (Å²) in [4.78, 5) is 0. The van der Waals surface area contributed by atoms with Crippen molar-refractivity contribution in [3.63, 3.8) is 0 Å². The zero-order valence-corrected chi connectivity index (χ0v) is 14.1. The van der Waals surface area contributed by atoms with Crippen LogP contribution in [0.1, 0.15) is 35.5 Å². The highest BCUT2D eigenvalue weighted by molar-refractivity contribution is 9.10. The molecule has 2 aromatic rings. The first-order valence-electron chi connectivity index (χ1n) is 7.31. The summed E-state index contributed by atoms with van der Waals surface area (Å²) in [6.45, 7) is 2.25. The molecule has 116 valence electrons. The highest BCUT2D eigenvalue weighted by Gasteiger charge is 2.33. The van der Waals surface area contributed by atoms with Crippen molar-refractivity contribution < 1.29 is 9.84 Å². The lowest BCUT2D eigenvalue weighted by atomic mass is 9.96. The van der Waals surface area contributed by atoms with E-state index in [9.17, 15) is 5.11 Å². The number of phenolic OH excluding ortho intramolecular Hbond substituents is 1. The highest BCUT2D eigenvalue weighted by atomic mass is 79.9. The third-order valence-electron chi connectivity index (χ3n) is 4.50. The minimum atomic E-state index is 0.122. The number of halogens is 2. The zero-order valence-electron chi connectivity index (χ0n) is 11.8. The molecule has 0 spiro atoms. The molecule has 2 aliphatic heterocycles. The predicted octanol–water partition coefficient (Wildman–Crippen LogP) is 3.24. The van der Waals surface area contributed by atoms with E-state index in [2.05, 4.69) is 30.7 Å². The van der Waals surface area contributed by atoms with E-state index in [1.165, 1.54) is 0 Å². The maximum atomic E-state index is 10.2. The molecule has 1 fully saturated rings. The Kier molecular flexibility index (Phi) is 3.63. The molecule has 0 aliphatic carbocycles. The molecule has 0 unspecified atom stereocenters. The summed E-state index contributed by atoms with van der Waals surface area (Å²) in [7, 11) is 0. The van der Waals surface area contributed by atoms with E-state index < -0.39 is 0 Å². The van der Waals surface area contributed by atoms with E-state index in [4.69, 9.17) is 16.3 Å². The zero-order chi connectivity index (χ0) is 15.3. The van der Waals surface area contributed by atoms with Crippen LogP contribution in [0.5, 0.6) is 5.75 Å². The van der Waals surface area contributed by atoms with Gasteiger partial charge in [-0.25, -0.2) is 0 Å². The van der Waals surface area contributed by atoms with Crippen LogP contribution in [0.4, 0.5) is 0 Å². The lowest BCUT2D eigenvalue weighted by molar-refractivity contribution is 0.192. The van der Waals surface area contributed by atoms with Crippen molar-refractivity contribution in [2.75, 3.05) is 13.2 Å². The fraction of sp³-hybridized carbons (Fsp3) is 0.467. The number of hydrogen-bond donors (Lipinski definition) is 1. The Morgan fingerprint density at radius 2 is 2.18 bits per heavy atom. The second kappa shape index (κ2) is 5.51. The van der Waals surface area contributed by atoms with E-state index in [-0.39, 0.29) is 11.7 Å². The van der Waals surface area contributed by atoms with Gasteiger partial charge in [-0.15, -0.1) is 10.2 Å². The Hall–Kier alpha value is -1.11. The number of phenols is 1. The van der Waals surface area contributed by atoms with Gasteiger partial charge >= 0.3 is 0 Å². The van der Waals surface area contributed by atoms with Crippen LogP contribution >= 0.6 is 27.5 Å². The van der Waals surface area contributed by atoms with Crippen LogP contribution < -0.4 is 0 Å². The van der Waals surface area contributed by atoms with Crippen molar-refractivity contribution in [2.24, 2.45) is 0 Å². The maximum absolute atomic E-state index is 10.2. The highest BCUT2D eigenvalue weighted by Crippen LogP contribution is 2.42. The molecular weight excluding hydrogens is 370 g/mol. The molecule has 1 aromatic heterocycles. The van der Waals surface area contributed by atoms with E-state index in [0.717, 1.165) is 47.7 Å². The summed E-state index contributed by atoms with van der Waals surface area (Å²) in [6.07, 6.45) is 1.73. The average molecular weight is 385 g/mol. The normalized spacial score (nSPS) is 23.9. The fourth-order valence-electron chi connectivity index (χ4n) is 3.38. The first-order valence-corrected chi connectivity index (χ1v) is 8.49. The Morgan fingerprint density at radius 3 is 2.95 bits per heavy atom. The van der Waals surface area contributed by atoms with Crippen molar-refractivity contribution in [2.45, 2.75) is 31.2 Å². The van der Waals surface area contributed by atoms with Crippen LogP contribution in [0, 0.1) is 0 Å². The van der Waals surface area contributed by atoms with Crippen LogP contribution in [0.25, 0.3) is 0 Å². The minimum Gasteiger partial charge on any atom is -0.508 e. The molecule has 0 amide bonds. The molecule has 0 bridgehead atoms. The number of rotatable bonds is 2. The van der Waals surface area contributed by atoms with Crippen molar-refractivity contribution in [3.8, 4) is 5.75 Å². The second-order valence-corrected chi connectivity index (χ2v) is 7.07. The fourth-order valence-corrected chi connectivity index (χ4v) is 4.04. The lowest BCUT2D eigenvalue weighted by Crippen LogP contribution is -2.10. The third-order valence-corrected chi connectivity index (χ3v) is 5.80. The minimum absolute atomic E-state index is 0.122. The van der Waals surface area contributed by atoms with E-state index in [1.807, 2.05) is 0 Å². The molecule has 4 rings (SSSR count). The Bertz CT molecular complexity index is 728. The summed E-state index contributed by atoms with van der Waals surface area (Å²) in [5.74, 6) is 2.65. The quantitative estimate of drug-likeness (QED) is 0.863. The largest absolute Gasteiger partial charge is 0.508 e. The maximum Gasteiger partial charge on any atom is 0.138 e. The van der Waals surface area contributed by atoms with E-state index in [0.29, 0.717) is 17.5 Å². The molecular formula is C15H15BrClN3O2. The van der Waals surface area contributed by atoms with Gasteiger partial charge in [0, 0.05) is 41.4 Å². The molecule has 1 N–H and O–H groups in total. The van der Waals surface area contributed by atoms with Crippen molar-refractivity contribution in [1.82, 2.24) is 14.8 Å². The van der Waals surface area contributed by atoms with Crippen LogP contribution in [-0.4, -0.2) is 33.1 Å². The SMILES string of the molecule is Oc1ccc(Br)c(Cl)c1[C@@H]1Cc2nnc([C@@H]3CCOC3)n2C1. The Balaban J connectivity index is 1.67. The summed E-state index contributed by atoms with van der Waals surface area (Å²) >= 11 is 9.81. The summed E-state index contributed by atoms with van der Waals surface area (Å²) in [5, 5.41) is 19.4. The van der Waals surface area contributed by atoms with Gasteiger partial charge in [0.25, 0.3) is 0 Å². The van der Waals surface area contributed by atoms with Crippen LogP contribution in [0.15, 0.2) is 16.6 Å². The third kappa shape index (κ3) is 2.25. The van der Waals surface area contributed by atoms with Gasteiger partial charge in [-0.3, -0.25) is 0 Å². The second-order valence-electron chi connectivity index (χ2n) is 5.84. The lowest BCUT2D eigenvalue weighted by Gasteiger charge is -2.15. The smallest absolute Gasteiger partial charge is 0.138 e. The Labute approximate surface area is 141 Å². The van der Waals surface area contributed by atoms with Gasteiger partial charge in [-0.1, -0.05) is 11.6 Å². The predicted molar refractivity (Wildman–Crippen MR) is 85.5 cm³/mol. The summed E-state index contributed by atoms with van der Waals surface area (Å²) < 4.78 is 8.43. The van der Waals surface area contributed by atoms with Crippen molar-refractivity contribution >= 4 is 27.5 Å². The van der Waals surface area contributed by atoms with Gasteiger partial charge < -0.3 is 14.4 Å². The van der Waals surface area contributed by atoms with Gasteiger partial charge in [-0.2, -0.15) is 0 Å². The number of aromatic hydroxyl groups is 1. The number of nitrogens with zero attached hydrogens (tertiary/aromatic N) is 3. The number of fused-ring (bicyclic) bond motifs is 1. The first kappa shape index (κ1) is 14.5. The Morgan fingerprint density at radius 1 is 1.32 bits per heavy atom. The summed E-state index contributed by atoms with van der Waals surface area (Å²) in [5.41, 5.74) is 0.787. The van der Waals surface area contributed by atoms with Gasteiger partial charge in [-0.05, 0) is 34.5 Å². The molecule has 22 heavy (non-hydrogen) atoms. The first-order chi connectivity index (χ1) is 10.6.